The number of nitrogens with zero attached hydrogens (tertiary/aromatic N) is 1. The lowest BCUT2D eigenvalue weighted by atomic mass is 9.94. The molecule has 0 heterocycles. The van der Waals surface area contributed by atoms with E-state index in [0.717, 1.165) is 6.42 Å². The average molecular weight is 194 g/mol. The van der Waals surface area contributed by atoms with E-state index < -0.39 is 0 Å². The Hall–Kier alpha value is -0.550. The lowest BCUT2D eigenvalue weighted by Crippen LogP contribution is -2.39. The second-order valence-electron chi connectivity index (χ2n) is 4.81. The summed E-state index contributed by atoms with van der Waals surface area (Å²) < 4.78 is 0. The molecule has 0 bridgehead atoms. The zero-order valence-corrected chi connectivity index (χ0v) is 9.42. The van der Waals surface area contributed by atoms with Gasteiger partial charge in [0.05, 0.1) is 12.1 Å². The van der Waals surface area contributed by atoms with Gasteiger partial charge >= 0.3 is 0 Å². The molecule has 2 nitrogen and oxygen atoms in total. The molecule has 1 aliphatic carbocycles. The second kappa shape index (κ2) is 6.03. The number of nitrogens with one attached hydrogen (secondary N) is 1. The average Bonchev–Trinajstić information content (AvgIpc) is 2.17. The Balaban J connectivity index is 2.28. The summed E-state index contributed by atoms with van der Waals surface area (Å²) in [6.45, 7) is 4.35. The molecule has 0 saturated heterocycles. The third-order valence-corrected chi connectivity index (χ3v) is 2.91. The van der Waals surface area contributed by atoms with Crippen LogP contribution in [0.3, 0.4) is 0 Å². The molecule has 14 heavy (non-hydrogen) atoms. The fourth-order valence-corrected chi connectivity index (χ4v) is 2.18. The zero-order valence-electron chi connectivity index (χ0n) is 9.42. The van der Waals surface area contributed by atoms with Crippen molar-refractivity contribution in [2.45, 2.75) is 64.5 Å². The Morgan fingerprint density at radius 1 is 1.29 bits per heavy atom. The summed E-state index contributed by atoms with van der Waals surface area (Å²) in [4.78, 5) is 0. The first-order valence-corrected chi connectivity index (χ1v) is 5.88. The van der Waals surface area contributed by atoms with Crippen LogP contribution < -0.4 is 5.32 Å². The van der Waals surface area contributed by atoms with Gasteiger partial charge in [0.1, 0.15) is 0 Å². The Morgan fingerprint density at radius 3 is 2.43 bits per heavy atom. The normalized spacial score (nSPS) is 20.7. The van der Waals surface area contributed by atoms with Crippen LogP contribution in [0.25, 0.3) is 0 Å². The van der Waals surface area contributed by atoms with Crippen LogP contribution in [0.4, 0.5) is 0 Å². The predicted molar refractivity (Wildman–Crippen MR) is 58.9 cm³/mol. The molecule has 0 aromatic heterocycles. The van der Waals surface area contributed by atoms with Crippen LogP contribution in [0.5, 0.6) is 0 Å². The summed E-state index contributed by atoms with van der Waals surface area (Å²) in [5.41, 5.74) is 0. The summed E-state index contributed by atoms with van der Waals surface area (Å²) in [5.74, 6) is 0.607. The van der Waals surface area contributed by atoms with Gasteiger partial charge in [-0.05, 0) is 25.2 Å². The van der Waals surface area contributed by atoms with Gasteiger partial charge in [0.2, 0.25) is 0 Å². The maximum atomic E-state index is 8.99. The highest BCUT2D eigenvalue weighted by Gasteiger charge is 2.17. The number of hydrogen-bond donors (Lipinski definition) is 1. The minimum Gasteiger partial charge on any atom is -0.299 e. The van der Waals surface area contributed by atoms with E-state index in [1.54, 1.807) is 0 Å². The van der Waals surface area contributed by atoms with Gasteiger partial charge < -0.3 is 0 Å². The molecule has 1 aliphatic rings. The van der Waals surface area contributed by atoms with Crippen LogP contribution in [0.2, 0.25) is 0 Å². The van der Waals surface area contributed by atoms with Gasteiger partial charge in [0.15, 0.2) is 0 Å². The van der Waals surface area contributed by atoms with Crippen LogP contribution >= 0.6 is 0 Å². The molecule has 1 N–H and O–H groups in total. The Bertz CT molecular complexity index is 187. The standard InChI is InChI=1S/C12H22N2/c1-10(2)8-12(9-13)14-11-6-4-3-5-7-11/h10-12,14H,3-8H2,1-2H3. The monoisotopic (exact) mass is 194 g/mol. The molecule has 1 rings (SSSR count). The fraction of sp³-hybridized carbons (Fsp3) is 0.917. The van der Waals surface area contributed by atoms with Crippen LogP contribution in [0.1, 0.15) is 52.4 Å². The highest BCUT2D eigenvalue weighted by Crippen LogP contribution is 2.18. The van der Waals surface area contributed by atoms with Crippen molar-refractivity contribution in [1.82, 2.24) is 5.32 Å². The van der Waals surface area contributed by atoms with E-state index in [1.165, 1.54) is 32.1 Å². The van der Waals surface area contributed by atoms with Crippen LogP contribution in [0.15, 0.2) is 0 Å². The summed E-state index contributed by atoms with van der Waals surface area (Å²) in [6.07, 6.45) is 7.54. The van der Waals surface area contributed by atoms with E-state index in [9.17, 15) is 0 Å². The van der Waals surface area contributed by atoms with Gasteiger partial charge in [-0.25, -0.2) is 0 Å². The molecule has 80 valence electrons. The van der Waals surface area contributed by atoms with E-state index in [1.807, 2.05) is 0 Å². The van der Waals surface area contributed by atoms with Crippen LogP contribution in [-0.4, -0.2) is 12.1 Å². The summed E-state index contributed by atoms with van der Waals surface area (Å²) in [7, 11) is 0. The largest absolute Gasteiger partial charge is 0.299 e. The van der Waals surface area contributed by atoms with Crippen molar-refractivity contribution in [2.24, 2.45) is 5.92 Å². The van der Waals surface area contributed by atoms with Crippen molar-refractivity contribution in [3.8, 4) is 6.07 Å². The van der Waals surface area contributed by atoms with Gasteiger partial charge in [-0.1, -0.05) is 33.1 Å². The Morgan fingerprint density at radius 2 is 1.93 bits per heavy atom. The quantitative estimate of drug-likeness (QED) is 0.747. The molecule has 0 aromatic carbocycles. The van der Waals surface area contributed by atoms with Crippen LogP contribution in [0, 0.1) is 17.2 Å². The second-order valence-corrected chi connectivity index (χ2v) is 4.81. The molecular weight excluding hydrogens is 172 g/mol. The van der Waals surface area contributed by atoms with E-state index in [0.29, 0.717) is 12.0 Å². The maximum Gasteiger partial charge on any atom is 0.0957 e. The first-order valence-electron chi connectivity index (χ1n) is 5.88. The van der Waals surface area contributed by atoms with Crippen molar-refractivity contribution < 1.29 is 0 Å². The highest BCUT2D eigenvalue weighted by molar-refractivity contribution is 4.92. The lowest BCUT2D eigenvalue weighted by Gasteiger charge is -2.26. The van der Waals surface area contributed by atoms with Crippen LogP contribution in [-0.2, 0) is 0 Å². The number of nitriles is 1. The van der Waals surface area contributed by atoms with Gasteiger partial charge in [0, 0.05) is 6.04 Å². The molecular formula is C12H22N2. The number of rotatable bonds is 4. The minimum absolute atomic E-state index is 0.0677. The molecule has 0 amide bonds. The third kappa shape index (κ3) is 4.11. The molecule has 1 fully saturated rings. The predicted octanol–water partition coefficient (Wildman–Crippen LogP) is 2.85. The minimum atomic E-state index is 0.0677. The van der Waals surface area contributed by atoms with Gasteiger partial charge in [-0.2, -0.15) is 5.26 Å². The fourth-order valence-electron chi connectivity index (χ4n) is 2.18. The molecule has 0 radical (unpaired) electrons. The van der Waals surface area contributed by atoms with Crippen molar-refractivity contribution in [3.63, 3.8) is 0 Å². The van der Waals surface area contributed by atoms with Crippen molar-refractivity contribution >= 4 is 0 Å². The summed E-state index contributed by atoms with van der Waals surface area (Å²) in [5, 5.41) is 12.5. The smallest absolute Gasteiger partial charge is 0.0957 e. The first kappa shape index (κ1) is 11.5. The first-order chi connectivity index (χ1) is 6.72. The Kier molecular flexibility index (Phi) is 4.97. The van der Waals surface area contributed by atoms with Gasteiger partial charge in [-0.3, -0.25) is 5.32 Å². The summed E-state index contributed by atoms with van der Waals surface area (Å²) >= 11 is 0. The zero-order chi connectivity index (χ0) is 10.4. The maximum absolute atomic E-state index is 8.99. The Labute approximate surface area is 87.7 Å². The third-order valence-electron chi connectivity index (χ3n) is 2.91. The van der Waals surface area contributed by atoms with Crippen molar-refractivity contribution in [2.75, 3.05) is 0 Å². The highest BCUT2D eigenvalue weighted by atomic mass is 14.9. The van der Waals surface area contributed by atoms with E-state index in [2.05, 4.69) is 25.2 Å². The molecule has 1 unspecified atom stereocenters. The molecule has 1 saturated carbocycles. The van der Waals surface area contributed by atoms with E-state index in [-0.39, 0.29) is 6.04 Å². The molecule has 0 spiro atoms. The SMILES string of the molecule is CC(C)CC(C#N)NC1CCCCC1. The van der Waals surface area contributed by atoms with E-state index in [4.69, 9.17) is 5.26 Å². The molecule has 2 heteroatoms. The topological polar surface area (TPSA) is 35.8 Å². The molecule has 0 aliphatic heterocycles. The van der Waals surface area contributed by atoms with Gasteiger partial charge in [0.25, 0.3) is 0 Å². The number of hydrogen-bond acceptors (Lipinski definition) is 2. The van der Waals surface area contributed by atoms with Gasteiger partial charge in [-0.15, -0.1) is 0 Å². The lowest BCUT2D eigenvalue weighted by molar-refractivity contribution is 0.339. The molecule has 1 atom stereocenters. The summed E-state index contributed by atoms with van der Waals surface area (Å²) in [6, 6.07) is 3.04. The van der Waals surface area contributed by atoms with Crippen molar-refractivity contribution in [3.05, 3.63) is 0 Å². The van der Waals surface area contributed by atoms with E-state index >= 15 is 0 Å². The van der Waals surface area contributed by atoms with Crippen molar-refractivity contribution in [1.29, 1.82) is 5.26 Å². The molecule has 0 aromatic rings.